The van der Waals surface area contributed by atoms with E-state index in [1.807, 2.05) is 19.2 Å². The smallest absolute Gasteiger partial charge is 0.243 e. The summed E-state index contributed by atoms with van der Waals surface area (Å²) in [5.74, 6) is -0.113. The first kappa shape index (κ1) is 13.7. The average Bonchev–Trinajstić information content (AvgIpc) is 2.84. The molecule has 0 spiro atoms. The molecule has 0 saturated carbocycles. The number of amides is 1. The molecule has 0 aliphatic rings. The van der Waals surface area contributed by atoms with Crippen molar-refractivity contribution in [2.24, 2.45) is 5.41 Å². The molecule has 1 aromatic heterocycles. The second-order valence-corrected chi connectivity index (χ2v) is 4.76. The molecule has 0 aliphatic carbocycles. The fraction of sp³-hybridized carbons (Fsp3) is 0.583. The van der Waals surface area contributed by atoms with Gasteiger partial charge in [0.25, 0.3) is 0 Å². The van der Waals surface area contributed by atoms with Crippen LogP contribution in [0, 0.1) is 16.7 Å². The van der Waals surface area contributed by atoms with Gasteiger partial charge in [0, 0.05) is 12.4 Å². The minimum atomic E-state index is -0.884. The van der Waals surface area contributed by atoms with E-state index in [0.717, 1.165) is 5.69 Å². The highest BCUT2D eigenvalue weighted by Gasteiger charge is 2.37. The lowest BCUT2D eigenvalue weighted by molar-refractivity contribution is -0.138. The summed E-state index contributed by atoms with van der Waals surface area (Å²) in [7, 11) is 1.72. The Morgan fingerprint density at radius 1 is 1.59 bits per heavy atom. The maximum Gasteiger partial charge on any atom is 0.243 e. The van der Waals surface area contributed by atoms with Gasteiger partial charge in [0.15, 0.2) is 0 Å². The minimum absolute atomic E-state index is 0.113. The second-order valence-electron chi connectivity index (χ2n) is 4.04. The highest BCUT2D eigenvalue weighted by molar-refractivity contribution is 7.07. The third-order valence-corrected chi connectivity index (χ3v) is 3.70. The van der Waals surface area contributed by atoms with Crippen molar-refractivity contribution in [3.63, 3.8) is 0 Å². The van der Waals surface area contributed by atoms with E-state index in [9.17, 15) is 10.1 Å². The molecule has 1 heterocycles. The number of carbonyl (C=O) groups is 1. The maximum atomic E-state index is 12.3. The van der Waals surface area contributed by atoms with Crippen LogP contribution in [0.2, 0.25) is 0 Å². The van der Waals surface area contributed by atoms with Crippen LogP contribution >= 0.6 is 11.3 Å². The van der Waals surface area contributed by atoms with E-state index < -0.39 is 5.41 Å². The van der Waals surface area contributed by atoms with Gasteiger partial charge in [-0.3, -0.25) is 4.79 Å². The zero-order valence-corrected chi connectivity index (χ0v) is 11.3. The molecule has 0 saturated heterocycles. The van der Waals surface area contributed by atoms with Gasteiger partial charge in [-0.1, -0.05) is 13.8 Å². The normalized spacial score (nSPS) is 10.9. The summed E-state index contributed by atoms with van der Waals surface area (Å²) in [6.07, 6.45) is 1.08. The first-order valence-electron chi connectivity index (χ1n) is 5.63. The van der Waals surface area contributed by atoms with Crippen molar-refractivity contribution in [1.82, 2.24) is 9.88 Å². The summed E-state index contributed by atoms with van der Waals surface area (Å²) in [5, 5.41) is 11.1. The molecule has 0 aromatic carbocycles. The summed E-state index contributed by atoms with van der Waals surface area (Å²) in [6.45, 7) is 4.22. The number of nitrogens with zero attached hydrogens (tertiary/aromatic N) is 3. The van der Waals surface area contributed by atoms with Crippen LogP contribution in [0.4, 0.5) is 0 Å². The molecule has 17 heavy (non-hydrogen) atoms. The molecule has 0 atom stereocenters. The molecule has 0 bridgehead atoms. The Labute approximate surface area is 106 Å². The van der Waals surface area contributed by atoms with E-state index in [-0.39, 0.29) is 5.91 Å². The lowest BCUT2D eigenvalue weighted by Gasteiger charge is -2.27. The van der Waals surface area contributed by atoms with Gasteiger partial charge in [0.1, 0.15) is 5.41 Å². The Morgan fingerprint density at radius 3 is 2.65 bits per heavy atom. The standard InChI is InChI=1S/C12H17N3OS/c1-4-12(5-2,8-13)11(16)15(3)6-10-7-17-9-14-10/h7,9H,4-6H2,1-3H3. The Kier molecular flexibility index (Phi) is 4.64. The zero-order valence-electron chi connectivity index (χ0n) is 10.4. The molecule has 0 radical (unpaired) electrons. The van der Waals surface area contributed by atoms with E-state index in [2.05, 4.69) is 11.1 Å². The Hall–Kier alpha value is -1.41. The summed E-state index contributed by atoms with van der Waals surface area (Å²) < 4.78 is 0. The quantitative estimate of drug-likeness (QED) is 0.807. The van der Waals surface area contributed by atoms with Crippen LogP contribution in [0.25, 0.3) is 0 Å². The van der Waals surface area contributed by atoms with E-state index in [4.69, 9.17) is 0 Å². The molecule has 0 aliphatic heterocycles. The average molecular weight is 251 g/mol. The number of hydrogen-bond donors (Lipinski definition) is 0. The van der Waals surface area contributed by atoms with Crippen molar-refractivity contribution in [2.45, 2.75) is 33.2 Å². The van der Waals surface area contributed by atoms with E-state index in [0.29, 0.717) is 19.4 Å². The minimum Gasteiger partial charge on any atom is -0.338 e. The lowest BCUT2D eigenvalue weighted by Crippen LogP contribution is -2.40. The predicted molar refractivity (Wildman–Crippen MR) is 67.2 cm³/mol. The van der Waals surface area contributed by atoms with Crippen molar-refractivity contribution in [2.75, 3.05) is 7.05 Å². The van der Waals surface area contributed by atoms with Crippen LogP contribution in [0.3, 0.4) is 0 Å². The Morgan fingerprint density at radius 2 is 2.24 bits per heavy atom. The maximum absolute atomic E-state index is 12.3. The van der Waals surface area contributed by atoms with Crippen LogP contribution in [0.5, 0.6) is 0 Å². The van der Waals surface area contributed by atoms with E-state index >= 15 is 0 Å². The monoisotopic (exact) mass is 251 g/mol. The summed E-state index contributed by atoms with van der Waals surface area (Å²) in [4.78, 5) is 18.0. The molecule has 0 fully saturated rings. The van der Waals surface area contributed by atoms with Crippen LogP contribution in [0.15, 0.2) is 10.9 Å². The summed E-state index contributed by atoms with van der Waals surface area (Å²) >= 11 is 1.50. The van der Waals surface area contributed by atoms with Gasteiger partial charge in [-0.2, -0.15) is 5.26 Å². The fourth-order valence-electron chi connectivity index (χ4n) is 1.75. The lowest BCUT2D eigenvalue weighted by atomic mass is 9.82. The molecule has 1 rings (SSSR count). The molecule has 0 N–H and O–H groups in total. The van der Waals surface area contributed by atoms with Gasteiger partial charge in [-0.05, 0) is 12.8 Å². The molecule has 92 valence electrons. The van der Waals surface area contributed by atoms with Crippen LogP contribution in [-0.4, -0.2) is 22.8 Å². The molecule has 0 unspecified atom stereocenters. The molecular formula is C12H17N3OS. The molecule has 1 aromatic rings. The van der Waals surface area contributed by atoms with Gasteiger partial charge in [0.05, 0.1) is 23.8 Å². The zero-order chi connectivity index (χ0) is 12.9. The number of nitriles is 1. The Balaban J connectivity index is 2.78. The highest BCUT2D eigenvalue weighted by Crippen LogP contribution is 2.28. The number of hydrogen-bond acceptors (Lipinski definition) is 4. The van der Waals surface area contributed by atoms with Gasteiger partial charge >= 0.3 is 0 Å². The largest absolute Gasteiger partial charge is 0.338 e. The van der Waals surface area contributed by atoms with Crippen molar-refractivity contribution in [3.8, 4) is 6.07 Å². The van der Waals surface area contributed by atoms with Gasteiger partial charge < -0.3 is 4.90 Å². The summed E-state index contributed by atoms with van der Waals surface area (Å²) in [6, 6.07) is 2.17. The first-order valence-corrected chi connectivity index (χ1v) is 6.57. The molecule has 5 heteroatoms. The Bertz CT molecular complexity index is 404. The number of carbonyl (C=O) groups excluding carboxylic acids is 1. The van der Waals surface area contributed by atoms with E-state index in [1.54, 1.807) is 17.5 Å². The van der Waals surface area contributed by atoms with Crippen LogP contribution in [-0.2, 0) is 11.3 Å². The molecule has 4 nitrogen and oxygen atoms in total. The second kappa shape index (κ2) is 5.78. The fourth-order valence-corrected chi connectivity index (χ4v) is 2.30. The number of rotatable bonds is 5. The van der Waals surface area contributed by atoms with Crippen molar-refractivity contribution < 1.29 is 4.79 Å². The summed E-state index contributed by atoms with van der Waals surface area (Å²) in [5.41, 5.74) is 1.72. The van der Waals surface area contributed by atoms with Gasteiger partial charge in [-0.25, -0.2) is 4.98 Å². The van der Waals surface area contributed by atoms with E-state index in [1.165, 1.54) is 11.3 Å². The third kappa shape index (κ3) is 2.83. The van der Waals surface area contributed by atoms with Crippen molar-refractivity contribution in [3.05, 3.63) is 16.6 Å². The third-order valence-electron chi connectivity index (χ3n) is 3.06. The molecular weight excluding hydrogens is 234 g/mol. The number of aromatic nitrogens is 1. The van der Waals surface area contributed by atoms with Crippen LogP contribution in [0.1, 0.15) is 32.4 Å². The van der Waals surface area contributed by atoms with Gasteiger partial charge in [-0.15, -0.1) is 11.3 Å². The topological polar surface area (TPSA) is 57.0 Å². The molecule has 1 amide bonds. The SMILES string of the molecule is CCC(C#N)(CC)C(=O)N(C)Cc1cscn1. The predicted octanol–water partition coefficient (Wildman–Crippen LogP) is 2.43. The van der Waals surface area contributed by atoms with Gasteiger partial charge in [0.2, 0.25) is 5.91 Å². The number of thiazole rings is 1. The van der Waals surface area contributed by atoms with Crippen LogP contribution < -0.4 is 0 Å². The highest BCUT2D eigenvalue weighted by atomic mass is 32.1. The first-order chi connectivity index (χ1) is 8.09. The van der Waals surface area contributed by atoms with Crippen molar-refractivity contribution in [1.29, 1.82) is 5.26 Å². The van der Waals surface area contributed by atoms with Crippen molar-refractivity contribution >= 4 is 17.2 Å².